The molecule has 4 rings (SSSR count). The summed E-state index contributed by atoms with van der Waals surface area (Å²) in [7, 11) is 3.31. The Labute approximate surface area is 160 Å². The molecule has 0 unspecified atom stereocenters. The van der Waals surface area contributed by atoms with E-state index in [1.54, 1.807) is 20.5 Å². The summed E-state index contributed by atoms with van der Waals surface area (Å²) in [5, 5.41) is 7.91. The van der Waals surface area contributed by atoms with Crippen molar-refractivity contribution < 1.29 is 9.47 Å². The number of aromatic nitrogens is 3. The third kappa shape index (κ3) is 2.92. The molecule has 0 amide bonds. The van der Waals surface area contributed by atoms with Crippen molar-refractivity contribution in [2.45, 2.75) is 18.5 Å². The van der Waals surface area contributed by atoms with Crippen LogP contribution in [-0.2, 0) is 0 Å². The van der Waals surface area contributed by atoms with Gasteiger partial charge >= 0.3 is 0 Å². The minimum Gasteiger partial charge on any atom is -0.493 e. The first-order valence-electron chi connectivity index (χ1n) is 8.33. The molecule has 26 heavy (non-hydrogen) atoms. The van der Waals surface area contributed by atoms with Crippen LogP contribution >= 0.6 is 15.9 Å². The average molecular weight is 415 g/mol. The zero-order chi connectivity index (χ0) is 18.1. The maximum absolute atomic E-state index is 5.66. The molecule has 0 radical (unpaired) electrons. The van der Waals surface area contributed by atoms with E-state index in [4.69, 9.17) is 9.47 Å². The third-order valence-corrected chi connectivity index (χ3v) is 5.22. The van der Waals surface area contributed by atoms with Crippen molar-refractivity contribution in [2.24, 2.45) is 0 Å². The predicted molar refractivity (Wildman–Crippen MR) is 103 cm³/mol. The Morgan fingerprint density at radius 2 is 1.92 bits per heavy atom. The first kappa shape index (κ1) is 16.9. The minimum atomic E-state index is -0.00699. The molecule has 0 fully saturated rings. The van der Waals surface area contributed by atoms with E-state index in [0.29, 0.717) is 5.75 Å². The van der Waals surface area contributed by atoms with Gasteiger partial charge in [0.2, 0.25) is 5.95 Å². The molecule has 1 aliphatic rings. The van der Waals surface area contributed by atoms with Crippen molar-refractivity contribution in [1.82, 2.24) is 14.8 Å². The van der Waals surface area contributed by atoms with Gasteiger partial charge in [0.25, 0.3) is 0 Å². The molecular formula is C19H19BrN4O2. The van der Waals surface area contributed by atoms with Gasteiger partial charge in [0.05, 0.1) is 26.3 Å². The smallest absolute Gasteiger partial charge is 0.222 e. The predicted octanol–water partition coefficient (Wildman–Crippen LogP) is 4.20. The standard InChI is InChI=1S/C19H19BrN4O2/c1-25-17-5-3-4-14(18(17)26-2)16-10-15(12-6-8-13(20)9-7-12)23-19-21-11-22-24(16)19/h3-9,11,15-16H,10H2,1-2H3,(H,21,22,23)/t15-,16+/m0/s1. The number of ether oxygens (including phenoxy) is 2. The number of nitrogens with one attached hydrogen (secondary N) is 1. The number of anilines is 1. The van der Waals surface area contributed by atoms with Crippen LogP contribution in [0.2, 0.25) is 0 Å². The maximum atomic E-state index is 5.66. The number of hydrogen-bond donors (Lipinski definition) is 1. The zero-order valence-corrected chi connectivity index (χ0v) is 16.1. The SMILES string of the molecule is COc1cccc([C@H]2C[C@@H](c3ccc(Br)cc3)Nc3ncnn32)c1OC. The second-order valence-corrected chi connectivity index (χ2v) is 7.03. The number of hydrogen-bond acceptors (Lipinski definition) is 5. The third-order valence-electron chi connectivity index (χ3n) is 4.70. The van der Waals surface area contributed by atoms with Crippen LogP contribution in [0.4, 0.5) is 5.95 Å². The van der Waals surface area contributed by atoms with Gasteiger partial charge < -0.3 is 14.8 Å². The van der Waals surface area contributed by atoms with Gasteiger partial charge in [-0.3, -0.25) is 0 Å². The Balaban J connectivity index is 1.78. The van der Waals surface area contributed by atoms with Crippen molar-refractivity contribution in [2.75, 3.05) is 19.5 Å². The summed E-state index contributed by atoms with van der Waals surface area (Å²) in [5.74, 6) is 2.20. The van der Waals surface area contributed by atoms with Gasteiger partial charge in [-0.15, -0.1) is 0 Å². The molecule has 134 valence electrons. The molecule has 2 heterocycles. The molecule has 1 aliphatic heterocycles. The van der Waals surface area contributed by atoms with Crippen LogP contribution in [0.3, 0.4) is 0 Å². The summed E-state index contributed by atoms with van der Waals surface area (Å²) in [5.41, 5.74) is 2.23. The van der Waals surface area contributed by atoms with Crippen molar-refractivity contribution in [3.05, 3.63) is 64.4 Å². The van der Waals surface area contributed by atoms with Crippen LogP contribution in [0, 0.1) is 0 Å². The number of halogens is 1. The van der Waals surface area contributed by atoms with Crippen LogP contribution in [0.25, 0.3) is 0 Å². The maximum Gasteiger partial charge on any atom is 0.222 e. The van der Waals surface area contributed by atoms with Crippen LogP contribution < -0.4 is 14.8 Å². The molecule has 6 nitrogen and oxygen atoms in total. The molecule has 0 spiro atoms. The van der Waals surface area contributed by atoms with Gasteiger partial charge in [0.1, 0.15) is 6.33 Å². The fourth-order valence-electron chi connectivity index (χ4n) is 3.47. The van der Waals surface area contributed by atoms with Crippen LogP contribution in [0.1, 0.15) is 29.6 Å². The Bertz CT molecular complexity index is 910. The van der Waals surface area contributed by atoms with E-state index in [0.717, 1.165) is 28.2 Å². The summed E-state index contributed by atoms with van der Waals surface area (Å²) in [4.78, 5) is 4.38. The minimum absolute atomic E-state index is 0.00699. The number of para-hydroxylation sites is 1. The Kier molecular flexibility index (Phi) is 4.55. The molecule has 0 aliphatic carbocycles. The molecule has 1 N–H and O–H groups in total. The van der Waals surface area contributed by atoms with Crippen molar-refractivity contribution in [1.29, 1.82) is 0 Å². The monoisotopic (exact) mass is 414 g/mol. The first-order chi connectivity index (χ1) is 12.7. The van der Waals surface area contributed by atoms with Crippen molar-refractivity contribution in [3.8, 4) is 11.5 Å². The fraction of sp³-hybridized carbons (Fsp3) is 0.263. The highest BCUT2D eigenvalue weighted by molar-refractivity contribution is 9.10. The molecule has 1 aromatic heterocycles. The van der Waals surface area contributed by atoms with Crippen molar-refractivity contribution >= 4 is 21.9 Å². The van der Waals surface area contributed by atoms with Crippen LogP contribution in [0.15, 0.2) is 53.3 Å². The fourth-order valence-corrected chi connectivity index (χ4v) is 3.73. The number of fused-ring (bicyclic) bond motifs is 1. The van der Waals surface area contributed by atoms with E-state index < -0.39 is 0 Å². The Hall–Kier alpha value is -2.54. The van der Waals surface area contributed by atoms with E-state index in [2.05, 4.69) is 61.7 Å². The first-order valence-corrected chi connectivity index (χ1v) is 9.13. The molecular weight excluding hydrogens is 396 g/mol. The summed E-state index contributed by atoms with van der Waals surface area (Å²) in [6, 6.07) is 14.4. The van der Waals surface area contributed by atoms with E-state index in [9.17, 15) is 0 Å². The van der Waals surface area contributed by atoms with Gasteiger partial charge in [0.15, 0.2) is 11.5 Å². The lowest BCUT2D eigenvalue weighted by molar-refractivity contribution is 0.340. The molecule has 0 bridgehead atoms. The molecule has 2 aromatic carbocycles. The second kappa shape index (κ2) is 6.99. The normalized spacial score (nSPS) is 18.7. The summed E-state index contributed by atoms with van der Waals surface area (Å²) in [6.45, 7) is 0. The Morgan fingerprint density at radius 1 is 1.12 bits per heavy atom. The van der Waals surface area contributed by atoms with E-state index in [-0.39, 0.29) is 12.1 Å². The highest BCUT2D eigenvalue weighted by Crippen LogP contribution is 2.43. The largest absolute Gasteiger partial charge is 0.493 e. The van der Waals surface area contributed by atoms with E-state index >= 15 is 0 Å². The molecule has 0 saturated heterocycles. The molecule has 7 heteroatoms. The highest BCUT2D eigenvalue weighted by Gasteiger charge is 2.32. The topological polar surface area (TPSA) is 61.2 Å². The Morgan fingerprint density at radius 3 is 2.65 bits per heavy atom. The summed E-state index contributed by atoms with van der Waals surface area (Å²) >= 11 is 3.50. The van der Waals surface area contributed by atoms with Gasteiger partial charge in [-0.1, -0.05) is 40.2 Å². The highest BCUT2D eigenvalue weighted by atomic mass is 79.9. The quantitative estimate of drug-likeness (QED) is 0.692. The van der Waals surface area contributed by atoms with Crippen LogP contribution in [0.5, 0.6) is 11.5 Å². The lowest BCUT2D eigenvalue weighted by Gasteiger charge is -2.32. The average Bonchev–Trinajstić information content (AvgIpc) is 3.15. The molecule has 3 aromatic rings. The number of benzene rings is 2. The van der Waals surface area contributed by atoms with Gasteiger partial charge in [-0.25, -0.2) is 4.68 Å². The van der Waals surface area contributed by atoms with Gasteiger partial charge in [0, 0.05) is 10.0 Å². The summed E-state index contributed by atoms with van der Waals surface area (Å²) < 4.78 is 14.1. The van der Waals surface area contributed by atoms with E-state index in [1.165, 1.54) is 5.56 Å². The lowest BCUT2D eigenvalue weighted by Crippen LogP contribution is -2.28. The van der Waals surface area contributed by atoms with Crippen LogP contribution in [-0.4, -0.2) is 29.0 Å². The summed E-state index contributed by atoms with van der Waals surface area (Å²) in [6.07, 6.45) is 2.40. The van der Waals surface area contributed by atoms with E-state index in [1.807, 2.05) is 16.8 Å². The molecule has 2 atom stereocenters. The second-order valence-electron chi connectivity index (χ2n) is 6.11. The zero-order valence-electron chi connectivity index (χ0n) is 14.5. The van der Waals surface area contributed by atoms with Gasteiger partial charge in [-0.05, 0) is 30.2 Å². The van der Waals surface area contributed by atoms with Crippen molar-refractivity contribution in [3.63, 3.8) is 0 Å². The lowest BCUT2D eigenvalue weighted by atomic mass is 9.92. The number of rotatable bonds is 4. The molecule has 0 saturated carbocycles. The number of nitrogens with zero attached hydrogens (tertiary/aromatic N) is 3. The van der Waals surface area contributed by atoms with Gasteiger partial charge in [-0.2, -0.15) is 10.1 Å². The number of methoxy groups -OCH3 is 2.